The molecule has 33 heavy (non-hydrogen) atoms. The molecule has 1 aromatic carbocycles. The number of benzene rings is 1. The third-order valence-corrected chi connectivity index (χ3v) is 6.58. The Kier molecular flexibility index (Phi) is 6.41. The monoisotopic (exact) mass is 490 g/mol. The van der Waals surface area contributed by atoms with Gasteiger partial charge in [-0.15, -0.1) is 0 Å². The minimum Gasteiger partial charge on any atom is -0.467 e. The van der Waals surface area contributed by atoms with Gasteiger partial charge >= 0.3 is 6.03 Å². The van der Waals surface area contributed by atoms with E-state index in [-0.39, 0.29) is 30.9 Å². The Hall–Kier alpha value is -2.97. The van der Waals surface area contributed by atoms with Crippen LogP contribution in [0.3, 0.4) is 0 Å². The summed E-state index contributed by atoms with van der Waals surface area (Å²) in [5.41, 5.74) is 1.56. The molecule has 0 unspecified atom stereocenters. The van der Waals surface area contributed by atoms with E-state index in [4.69, 9.17) is 27.6 Å². The van der Waals surface area contributed by atoms with Crippen molar-refractivity contribution in [1.29, 1.82) is 0 Å². The maximum Gasteiger partial charge on any atom is 0.322 e. The van der Waals surface area contributed by atoms with Crippen LogP contribution in [-0.2, 0) is 16.1 Å². The van der Waals surface area contributed by atoms with Crippen LogP contribution >= 0.6 is 23.2 Å². The summed E-state index contributed by atoms with van der Waals surface area (Å²) in [6.07, 6.45) is 1.55. The first kappa shape index (κ1) is 23.2. The molecule has 2 aromatic rings. The van der Waals surface area contributed by atoms with Gasteiger partial charge in [0.25, 0.3) is 5.91 Å². The normalized spacial score (nSPS) is 19.0. The summed E-state index contributed by atoms with van der Waals surface area (Å²) in [4.78, 5) is 44.1. The molecule has 1 aromatic heterocycles. The van der Waals surface area contributed by atoms with Crippen LogP contribution in [0, 0.1) is 0 Å². The van der Waals surface area contributed by atoms with Gasteiger partial charge in [-0.2, -0.15) is 0 Å². The first-order valence-electron chi connectivity index (χ1n) is 10.6. The summed E-state index contributed by atoms with van der Waals surface area (Å²) in [5, 5.41) is 3.68. The van der Waals surface area contributed by atoms with Crippen molar-refractivity contribution in [3.63, 3.8) is 0 Å². The Morgan fingerprint density at radius 1 is 1.30 bits per heavy atom. The van der Waals surface area contributed by atoms with Crippen LogP contribution in [0.2, 0.25) is 10.0 Å². The van der Waals surface area contributed by atoms with Crippen LogP contribution in [0.4, 0.5) is 4.79 Å². The third kappa shape index (κ3) is 4.20. The Bertz CT molecular complexity index is 1130. The second-order valence-electron chi connectivity index (χ2n) is 8.04. The molecule has 0 bridgehead atoms. The average Bonchev–Trinajstić information content (AvgIpc) is 3.40. The zero-order chi connectivity index (χ0) is 23.9. The second kappa shape index (κ2) is 9.11. The van der Waals surface area contributed by atoms with Gasteiger partial charge in [0.1, 0.15) is 11.8 Å². The number of nitrogens with one attached hydrogen (secondary N) is 1. The Morgan fingerprint density at radius 2 is 2.06 bits per heavy atom. The molecule has 8 nitrogen and oxygen atoms in total. The van der Waals surface area contributed by atoms with Crippen LogP contribution in [0.1, 0.15) is 31.2 Å². The van der Waals surface area contributed by atoms with E-state index < -0.39 is 12.1 Å². The lowest BCUT2D eigenvalue weighted by molar-refractivity contribution is -0.141. The maximum absolute atomic E-state index is 13.6. The zero-order valence-corrected chi connectivity index (χ0v) is 20.0. The van der Waals surface area contributed by atoms with Crippen molar-refractivity contribution in [3.05, 3.63) is 69.2 Å². The summed E-state index contributed by atoms with van der Waals surface area (Å²) in [6, 6.07) is 6.67. The fourth-order valence-corrected chi connectivity index (χ4v) is 4.81. The first-order valence-corrected chi connectivity index (χ1v) is 11.3. The highest BCUT2D eigenvalue weighted by Gasteiger charge is 2.46. The predicted octanol–water partition coefficient (Wildman–Crippen LogP) is 3.82. The Balaban J connectivity index is 1.63. The number of rotatable bonds is 6. The van der Waals surface area contributed by atoms with Gasteiger partial charge < -0.3 is 19.5 Å². The highest BCUT2D eigenvalue weighted by molar-refractivity contribution is 6.35. The molecule has 0 aliphatic carbocycles. The summed E-state index contributed by atoms with van der Waals surface area (Å²) in [7, 11) is 1.66. The summed E-state index contributed by atoms with van der Waals surface area (Å²) >= 11 is 12.4. The number of carbonyl (C=O) groups excluding carboxylic acids is 3. The van der Waals surface area contributed by atoms with Crippen molar-refractivity contribution in [2.75, 3.05) is 20.1 Å². The lowest BCUT2D eigenvalue weighted by Gasteiger charge is -2.33. The molecule has 2 aliphatic heterocycles. The van der Waals surface area contributed by atoms with Crippen LogP contribution in [0.15, 0.2) is 52.3 Å². The molecule has 0 spiro atoms. The SMILES string of the molecule is CCN1C(=O)N[C@H](c2ccc(Cl)cc2Cl)C2=C1CN([C@H](C)C(=O)N(C)Cc1ccco1)C2=O. The number of amides is 4. The number of nitrogens with zero attached hydrogens (tertiary/aromatic N) is 3. The second-order valence-corrected chi connectivity index (χ2v) is 8.88. The van der Waals surface area contributed by atoms with Crippen LogP contribution in [-0.4, -0.2) is 58.7 Å². The van der Waals surface area contributed by atoms with Gasteiger partial charge in [0, 0.05) is 23.6 Å². The largest absolute Gasteiger partial charge is 0.467 e. The summed E-state index contributed by atoms with van der Waals surface area (Å²) < 4.78 is 5.32. The van der Waals surface area contributed by atoms with E-state index in [1.54, 1.807) is 50.6 Å². The highest BCUT2D eigenvalue weighted by atomic mass is 35.5. The number of carbonyl (C=O) groups is 3. The van der Waals surface area contributed by atoms with Crippen molar-refractivity contribution >= 4 is 41.0 Å². The predicted molar refractivity (Wildman–Crippen MR) is 123 cm³/mol. The molecule has 174 valence electrons. The molecule has 0 saturated carbocycles. The van der Waals surface area contributed by atoms with Crippen molar-refractivity contribution in [2.24, 2.45) is 0 Å². The smallest absolute Gasteiger partial charge is 0.322 e. The van der Waals surface area contributed by atoms with E-state index >= 15 is 0 Å². The van der Waals surface area contributed by atoms with E-state index in [1.807, 2.05) is 6.92 Å². The van der Waals surface area contributed by atoms with Crippen molar-refractivity contribution < 1.29 is 18.8 Å². The van der Waals surface area contributed by atoms with E-state index in [1.165, 1.54) is 14.7 Å². The van der Waals surface area contributed by atoms with E-state index in [0.29, 0.717) is 39.2 Å². The lowest BCUT2D eigenvalue weighted by atomic mass is 9.95. The molecule has 10 heteroatoms. The molecule has 0 saturated heterocycles. The van der Waals surface area contributed by atoms with Crippen molar-refractivity contribution in [1.82, 2.24) is 20.0 Å². The van der Waals surface area contributed by atoms with E-state index in [0.717, 1.165) is 0 Å². The van der Waals surface area contributed by atoms with Gasteiger partial charge in [-0.3, -0.25) is 14.5 Å². The van der Waals surface area contributed by atoms with Gasteiger partial charge in [-0.1, -0.05) is 29.3 Å². The zero-order valence-electron chi connectivity index (χ0n) is 18.5. The van der Waals surface area contributed by atoms with Gasteiger partial charge in [0.15, 0.2) is 0 Å². The number of likely N-dealkylation sites (N-methyl/N-ethyl adjacent to an activating group) is 2. The molecule has 0 fully saturated rings. The molecule has 1 N–H and O–H groups in total. The van der Waals surface area contributed by atoms with Crippen LogP contribution < -0.4 is 5.32 Å². The van der Waals surface area contributed by atoms with Gasteiger partial charge in [-0.05, 0) is 43.7 Å². The molecule has 3 heterocycles. The number of furan rings is 1. The van der Waals surface area contributed by atoms with Gasteiger partial charge in [0.2, 0.25) is 5.91 Å². The molecule has 4 rings (SSSR count). The van der Waals surface area contributed by atoms with Gasteiger partial charge in [0.05, 0.1) is 36.7 Å². The van der Waals surface area contributed by atoms with Crippen molar-refractivity contribution in [2.45, 2.75) is 32.5 Å². The molecule has 2 atom stereocenters. The fourth-order valence-electron chi connectivity index (χ4n) is 4.30. The fraction of sp³-hybridized carbons (Fsp3) is 0.348. The summed E-state index contributed by atoms with van der Waals surface area (Å²) in [5.74, 6) is 0.0994. The minimum absolute atomic E-state index is 0.151. The topological polar surface area (TPSA) is 86.1 Å². The average molecular weight is 491 g/mol. The third-order valence-electron chi connectivity index (χ3n) is 6.01. The quantitative estimate of drug-likeness (QED) is 0.666. The van der Waals surface area contributed by atoms with Crippen LogP contribution in [0.25, 0.3) is 0 Å². The number of hydrogen-bond acceptors (Lipinski definition) is 4. The minimum atomic E-state index is -0.738. The number of hydrogen-bond donors (Lipinski definition) is 1. The highest BCUT2D eigenvalue weighted by Crippen LogP contribution is 2.39. The van der Waals surface area contributed by atoms with E-state index in [2.05, 4.69) is 5.32 Å². The molecule has 4 amide bonds. The lowest BCUT2D eigenvalue weighted by Crippen LogP contribution is -2.47. The molecular formula is C23H24Cl2N4O4. The first-order chi connectivity index (χ1) is 15.7. The molecule has 2 aliphatic rings. The van der Waals surface area contributed by atoms with Gasteiger partial charge in [-0.25, -0.2) is 4.79 Å². The maximum atomic E-state index is 13.6. The van der Waals surface area contributed by atoms with Crippen LogP contribution in [0.5, 0.6) is 0 Å². The standard InChI is InChI=1S/C23H24Cl2N4O4/c1-4-28-18-12-29(13(2)21(30)27(3)11-15-6-5-9-33-15)22(31)19(18)20(26-23(28)32)16-8-7-14(24)10-17(16)25/h5-10,13,20H,4,11-12H2,1-3H3,(H,26,32)/t13-,20-/m1/s1. The summed E-state index contributed by atoms with van der Waals surface area (Å²) in [6.45, 7) is 4.34. The Labute approximate surface area is 201 Å². The molecular weight excluding hydrogens is 467 g/mol. The van der Waals surface area contributed by atoms with Crippen molar-refractivity contribution in [3.8, 4) is 0 Å². The van der Waals surface area contributed by atoms with E-state index in [9.17, 15) is 14.4 Å². The Morgan fingerprint density at radius 3 is 2.70 bits per heavy atom. The molecule has 0 radical (unpaired) electrons. The number of halogens is 2. The number of urea groups is 1.